The van der Waals surface area contributed by atoms with Crippen molar-refractivity contribution in [3.8, 4) is 0 Å². The first-order chi connectivity index (χ1) is 19.6. The Kier molecular flexibility index (Phi) is 9.85. The second-order valence-corrected chi connectivity index (χ2v) is 11.5. The lowest BCUT2D eigenvalue weighted by Gasteiger charge is -2.31. The molecule has 2 aliphatic rings. The van der Waals surface area contributed by atoms with Crippen molar-refractivity contribution in [2.75, 3.05) is 39.3 Å². The summed E-state index contributed by atoms with van der Waals surface area (Å²) >= 11 is 0. The van der Waals surface area contributed by atoms with E-state index in [2.05, 4.69) is 57.7 Å². The number of piperidine rings is 1. The lowest BCUT2D eigenvalue weighted by molar-refractivity contribution is -0.133. The fourth-order valence-corrected chi connectivity index (χ4v) is 6.24. The summed E-state index contributed by atoms with van der Waals surface area (Å²) in [6, 6.07) is 24.3. The Morgan fingerprint density at radius 3 is 2.48 bits per heavy atom. The average molecular weight is 541 g/mol. The summed E-state index contributed by atoms with van der Waals surface area (Å²) in [5, 5.41) is 9.01. The van der Waals surface area contributed by atoms with E-state index < -0.39 is 0 Å². The predicted molar refractivity (Wildman–Crippen MR) is 163 cm³/mol. The first-order valence-corrected chi connectivity index (χ1v) is 15.2. The fraction of sp³-hybridized carbons (Fsp3) is 0.471. The van der Waals surface area contributed by atoms with Gasteiger partial charge in [-0.25, -0.2) is 0 Å². The Morgan fingerprint density at radius 2 is 1.70 bits per heavy atom. The molecule has 2 aliphatic heterocycles. The summed E-state index contributed by atoms with van der Waals surface area (Å²) in [6.45, 7) is 7.33. The van der Waals surface area contributed by atoms with Crippen LogP contribution in [0.3, 0.4) is 0 Å². The first kappa shape index (κ1) is 28.3. The average Bonchev–Trinajstić information content (AvgIpc) is 3.16. The topological polar surface area (TPSA) is 64.7 Å². The molecular weight excluding hydrogens is 496 g/mol. The molecule has 2 saturated heterocycles. The number of carbonyl (C=O) groups excluding carboxylic acids is 2. The number of nitrogens with zero attached hydrogens (tertiary/aromatic N) is 2. The standard InChI is InChI=1S/C34H44N4O2/c1-2-26(27-11-5-3-6-12-27)25-38-22-17-31(36-32(34(38)40)18-21-37-19-9-4-10-20-37)24-35-33(39)30-16-15-28-13-7-8-14-29(28)23-30/h3,5-8,11-16,23,26,31-32,36H,2,4,9-10,17-22,24-25H2,1H3,(H,35,39)/t26-,31?,32?/m1/s1. The highest BCUT2D eigenvalue weighted by Gasteiger charge is 2.32. The maximum Gasteiger partial charge on any atom is 0.251 e. The Bertz CT molecular complexity index is 1260. The highest BCUT2D eigenvalue weighted by atomic mass is 16.2. The number of rotatable bonds is 10. The maximum atomic E-state index is 13.9. The van der Waals surface area contributed by atoms with Crippen LogP contribution < -0.4 is 10.6 Å². The van der Waals surface area contributed by atoms with Gasteiger partial charge in [-0.3, -0.25) is 9.59 Å². The number of likely N-dealkylation sites (tertiary alicyclic amines) is 1. The van der Waals surface area contributed by atoms with E-state index >= 15 is 0 Å². The second kappa shape index (κ2) is 13.9. The van der Waals surface area contributed by atoms with E-state index in [4.69, 9.17) is 0 Å². The molecule has 2 amide bonds. The van der Waals surface area contributed by atoms with E-state index in [9.17, 15) is 9.59 Å². The van der Waals surface area contributed by atoms with Crippen molar-refractivity contribution in [2.45, 2.75) is 63.5 Å². The summed E-state index contributed by atoms with van der Waals surface area (Å²) in [6.07, 6.45) is 6.40. The van der Waals surface area contributed by atoms with Gasteiger partial charge < -0.3 is 20.4 Å². The van der Waals surface area contributed by atoms with Crippen LogP contribution in [0, 0.1) is 0 Å². The van der Waals surface area contributed by atoms with Crippen LogP contribution in [0.4, 0.5) is 0 Å². The molecule has 3 atom stereocenters. The molecule has 40 heavy (non-hydrogen) atoms. The van der Waals surface area contributed by atoms with E-state index in [1.807, 2.05) is 42.5 Å². The molecule has 5 rings (SSSR count). The van der Waals surface area contributed by atoms with Crippen molar-refractivity contribution in [1.29, 1.82) is 0 Å². The van der Waals surface area contributed by atoms with Crippen LogP contribution in [0.15, 0.2) is 72.8 Å². The van der Waals surface area contributed by atoms with Gasteiger partial charge in [0, 0.05) is 43.7 Å². The largest absolute Gasteiger partial charge is 0.350 e. The molecule has 2 heterocycles. The van der Waals surface area contributed by atoms with Crippen molar-refractivity contribution in [1.82, 2.24) is 20.4 Å². The molecule has 0 spiro atoms. The number of amides is 2. The van der Waals surface area contributed by atoms with Crippen molar-refractivity contribution in [3.05, 3.63) is 83.9 Å². The maximum absolute atomic E-state index is 13.9. The molecule has 3 aromatic rings. The van der Waals surface area contributed by atoms with E-state index in [-0.39, 0.29) is 23.9 Å². The number of benzene rings is 3. The smallest absolute Gasteiger partial charge is 0.251 e. The first-order valence-electron chi connectivity index (χ1n) is 15.2. The van der Waals surface area contributed by atoms with E-state index in [1.54, 1.807) is 0 Å². The summed E-state index contributed by atoms with van der Waals surface area (Å²) in [5.41, 5.74) is 1.96. The second-order valence-electron chi connectivity index (χ2n) is 11.5. The number of fused-ring (bicyclic) bond motifs is 1. The van der Waals surface area contributed by atoms with Crippen molar-refractivity contribution in [3.63, 3.8) is 0 Å². The molecular formula is C34H44N4O2. The van der Waals surface area contributed by atoms with E-state index in [0.717, 1.165) is 56.2 Å². The third-order valence-electron chi connectivity index (χ3n) is 8.70. The lowest BCUT2D eigenvalue weighted by Crippen LogP contribution is -2.50. The summed E-state index contributed by atoms with van der Waals surface area (Å²) in [4.78, 5) is 31.6. The zero-order valence-corrected chi connectivity index (χ0v) is 23.9. The molecule has 2 fully saturated rings. The van der Waals surface area contributed by atoms with Gasteiger partial charge in [0.1, 0.15) is 0 Å². The van der Waals surface area contributed by atoms with Gasteiger partial charge in [-0.1, -0.05) is 74.0 Å². The van der Waals surface area contributed by atoms with Crippen molar-refractivity contribution in [2.24, 2.45) is 0 Å². The highest BCUT2D eigenvalue weighted by Crippen LogP contribution is 2.23. The minimum absolute atomic E-state index is 0.0431. The molecule has 2 unspecified atom stereocenters. The van der Waals surface area contributed by atoms with Crippen LogP contribution in [-0.4, -0.2) is 73.0 Å². The van der Waals surface area contributed by atoms with Crippen molar-refractivity contribution >= 4 is 22.6 Å². The molecule has 212 valence electrons. The number of carbonyl (C=O) groups is 2. The minimum atomic E-state index is -0.236. The Morgan fingerprint density at radius 1 is 0.950 bits per heavy atom. The fourth-order valence-electron chi connectivity index (χ4n) is 6.24. The Hall–Kier alpha value is -3.22. The van der Waals surface area contributed by atoms with Gasteiger partial charge in [0.25, 0.3) is 5.91 Å². The van der Waals surface area contributed by atoms with Gasteiger partial charge in [-0.05, 0) is 73.7 Å². The van der Waals surface area contributed by atoms with Crippen molar-refractivity contribution < 1.29 is 9.59 Å². The number of nitrogens with one attached hydrogen (secondary N) is 2. The zero-order chi connectivity index (χ0) is 27.7. The number of hydrogen-bond acceptors (Lipinski definition) is 4. The molecule has 0 aliphatic carbocycles. The summed E-state index contributed by atoms with van der Waals surface area (Å²) in [5.74, 6) is 0.451. The zero-order valence-electron chi connectivity index (χ0n) is 23.9. The minimum Gasteiger partial charge on any atom is -0.350 e. The molecule has 6 nitrogen and oxygen atoms in total. The van der Waals surface area contributed by atoms with E-state index in [1.165, 1.54) is 24.8 Å². The summed E-state index contributed by atoms with van der Waals surface area (Å²) in [7, 11) is 0. The van der Waals surface area contributed by atoms with Gasteiger partial charge >= 0.3 is 0 Å². The molecule has 0 saturated carbocycles. The van der Waals surface area contributed by atoms with Gasteiger partial charge in [0.2, 0.25) is 5.91 Å². The third kappa shape index (κ3) is 7.29. The van der Waals surface area contributed by atoms with Crippen LogP contribution in [0.25, 0.3) is 10.8 Å². The third-order valence-corrected chi connectivity index (χ3v) is 8.70. The van der Waals surface area contributed by atoms with Crippen LogP contribution in [0.1, 0.15) is 67.3 Å². The molecule has 0 radical (unpaired) electrons. The Labute approximate surface area is 239 Å². The summed E-state index contributed by atoms with van der Waals surface area (Å²) < 4.78 is 0. The monoisotopic (exact) mass is 540 g/mol. The van der Waals surface area contributed by atoms with Gasteiger partial charge in [-0.15, -0.1) is 0 Å². The van der Waals surface area contributed by atoms with Crippen LogP contribution in [0.2, 0.25) is 0 Å². The number of hydrogen-bond donors (Lipinski definition) is 2. The van der Waals surface area contributed by atoms with Gasteiger partial charge in [0.05, 0.1) is 6.04 Å². The predicted octanol–water partition coefficient (Wildman–Crippen LogP) is 5.20. The lowest BCUT2D eigenvalue weighted by atomic mass is 9.95. The highest BCUT2D eigenvalue weighted by molar-refractivity contribution is 5.98. The quantitative estimate of drug-likeness (QED) is 0.371. The molecule has 0 aromatic heterocycles. The SMILES string of the molecule is CC[C@H](CN1CCC(CNC(=O)c2ccc3ccccc3c2)NC(CCN2CCCCC2)C1=O)c1ccccc1. The molecule has 2 N–H and O–H groups in total. The molecule has 6 heteroatoms. The molecule has 3 aromatic carbocycles. The van der Waals surface area contributed by atoms with Crippen LogP contribution >= 0.6 is 0 Å². The Balaban J connectivity index is 1.25. The van der Waals surface area contributed by atoms with E-state index in [0.29, 0.717) is 24.6 Å². The van der Waals surface area contributed by atoms with Gasteiger partial charge in [0.15, 0.2) is 0 Å². The van der Waals surface area contributed by atoms with Crippen LogP contribution in [-0.2, 0) is 4.79 Å². The molecule has 0 bridgehead atoms. The van der Waals surface area contributed by atoms with Crippen LogP contribution in [0.5, 0.6) is 0 Å². The normalized spacial score (nSPS) is 21.2. The van der Waals surface area contributed by atoms with Gasteiger partial charge in [-0.2, -0.15) is 0 Å².